The van der Waals surface area contributed by atoms with Gasteiger partial charge in [0, 0.05) is 20.2 Å². The summed E-state index contributed by atoms with van der Waals surface area (Å²) in [6, 6.07) is -0.572. The Morgan fingerprint density at radius 2 is 1.95 bits per heavy atom. The summed E-state index contributed by atoms with van der Waals surface area (Å²) < 4.78 is 27.1. The van der Waals surface area contributed by atoms with Gasteiger partial charge in [0.1, 0.15) is 31.6 Å². The molecule has 0 aromatic rings. The molecule has 0 aromatic carbocycles. The number of hydrogen-bond acceptors (Lipinski definition) is 6. The van der Waals surface area contributed by atoms with Crippen molar-refractivity contribution in [2.24, 2.45) is 0 Å². The maximum Gasteiger partial charge on any atom is 0.120 e. The Morgan fingerprint density at radius 3 is 2.47 bits per heavy atom. The summed E-state index contributed by atoms with van der Waals surface area (Å²) in [4.78, 5) is 0. The minimum absolute atomic E-state index is 0.304. The molecule has 1 rings (SSSR count). The van der Waals surface area contributed by atoms with Crippen molar-refractivity contribution in [1.29, 1.82) is 0 Å². The first kappa shape index (κ1) is 17.9. The predicted molar refractivity (Wildman–Crippen MR) is 82.0 cm³/mol. The van der Waals surface area contributed by atoms with Crippen molar-refractivity contribution in [2.75, 3.05) is 40.7 Å². The lowest BCUT2D eigenvalue weighted by Crippen LogP contribution is -2.38. The van der Waals surface area contributed by atoms with Crippen LogP contribution in [-0.2, 0) is 35.3 Å². The molecule has 0 saturated carbocycles. The van der Waals surface area contributed by atoms with Gasteiger partial charge in [0.05, 0.1) is 19.8 Å². The SMILES string of the molecule is [B][C@@H]1O[C@H](COC)C(OP(C)(=S)S)C1OCCOC. The van der Waals surface area contributed by atoms with Gasteiger partial charge in [0.25, 0.3) is 0 Å². The van der Waals surface area contributed by atoms with Gasteiger partial charge in [0.2, 0.25) is 0 Å². The summed E-state index contributed by atoms with van der Waals surface area (Å²) in [5, 5.41) is 0. The quantitative estimate of drug-likeness (QED) is 0.308. The van der Waals surface area contributed by atoms with Gasteiger partial charge < -0.3 is 23.5 Å². The summed E-state index contributed by atoms with van der Waals surface area (Å²) in [6.07, 6.45) is -1.08. The number of methoxy groups -OCH3 is 2. The molecule has 5 nitrogen and oxygen atoms in total. The summed E-state index contributed by atoms with van der Waals surface area (Å²) in [7, 11) is 9.12. The van der Waals surface area contributed by atoms with E-state index in [2.05, 4.69) is 12.2 Å². The molecule has 19 heavy (non-hydrogen) atoms. The Kier molecular flexibility index (Phi) is 7.87. The second kappa shape index (κ2) is 8.34. The van der Waals surface area contributed by atoms with E-state index in [9.17, 15) is 0 Å². The summed E-state index contributed by atoms with van der Waals surface area (Å²) in [6.45, 7) is 3.04. The molecule has 2 radical (unpaired) electrons. The fraction of sp³-hybridized carbons (Fsp3) is 1.00. The molecular weight excluding hydrogens is 306 g/mol. The van der Waals surface area contributed by atoms with E-state index in [1.807, 2.05) is 0 Å². The minimum Gasteiger partial charge on any atom is -0.382 e. The van der Waals surface area contributed by atoms with Crippen molar-refractivity contribution >= 4 is 37.4 Å². The van der Waals surface area contributed by atoms with E-state index in [0.717, 1.165) is 0 Å². The van der Waals surface area contributed by atoms with Crippen LogP contribution in [0.1, 0.15) is 0 Å². The predicted octanol–water partition coefficient (Wildman–Crippen LogP) is 0.812. The third-order valence-corrected chi connectivity index (χ3v) is 3.77. The van der Waals surface area contributed by atoms with Crippen LogP contribution >= 0.6 is 17.7 Å². The zero-order chi connectivity index (χ0) is 14.5. The molecule has 5 atom stereocenters. The third-order valence-electron chi connectivity index (χ3n) is 2.59. The molecule has 3 unspecified atom stereocenters. The molecule has 1 fully saturated rings. The first-order valence-corrected chi connectivity index (χ1v) is 10.2. The maximum absolute atomic E-state index is 5.92. The standard InChI is InChI=1S/C10H20BO5PS2/c1-12-4-5-14-9-8(16-17(3,18)19)7(6-13-2)15-10(9)11/h7-10H,4-6H2,1-3H3,(H,18,19)/t7-,8?,9?,10-/m1/s1. The van der Waals surface area contributed by atoms with Gasteiger partial charge in [-0.3, -0.25) is 0 Å². The van der Waals surface area contributed by atoms with Crippen molar-refractivity contribution in [1.82, 2.24) is 0 Å². The van der Waals surface area contributed by atoms with E-state index < -0.39 is 17.6 Å². The molecule has 0 bridgehead atoms. The largest absolute Gasteiger partial charge is 0.382 e. The van der Waals surface area contributed by atoms with Crippen LogP contribution in [0.25, 0.3) is 0 Å². The van der Waals surface area contributed by atoms with Gasteiger partial charge >= 0.3 is 0 Å². The zero-order valence-corrected chi connectivity index (χ0v) is 14.0. The number of hydrogen-bond donors (Lipinski definition) is 1. The molecule has 1 aliphatic rings. The van der Waals surface area contributed by atoms with E-state index >= 15 is 0 Å². The highest BCUT2D eigenvalue weighted by molar-refractivity contribution is 8.61. The van der Waals surface area contributed by atoms with Crippen LogP contribution in [0.15, 0.2) is 0 Å². The average Bonchev–Trinajstić information content (AvgIpc) is 2.56. The summed E-state index contributed by atoms with van der Waals surface area (Å²) in [5.41, 5.74) is -2.15. The number of ether oxygens (including phenoxy) is 4. The lowest BCUT2D eigenvalue weighted by atomic mass is 9.93. The van der Waals surface area contributed by atoms with E-state index in [1.54, 1.807) is 20.9 Å². The number of thiol groups is 1. The smallest absolute Gasteiger partial charge is 0.120 e. The molecule has 0 spiro atoms. The zero-order valence-electron chi connectivity index (χ0n) is 11.4. The van der Waals surface area contributed by atoms with Gasteiger partial charge in [-0.2, -0.15) is 0 Å². The molecule has 1 saturated heterocycles. The molecule has 9 heteroatoms. The molecule has 0 N–H and O–H groups in total. The Balaban J connectivity index is 2.70. The van der Waals surface area contributed by atoms with Crippen molar-refractivity contribution in [2.45, 2.75) is 24.3 Å². The fourth-order valence-electron chi connectivity index (χ4n) is 1.86. The van der Waals surface area contributed by atoms with E-state index in [0.29, 0.717) is 19.8 Å². The Morgan fingerprint density at radius 1 is 1.26 bits per heavy atom. The Bertz CT molecular complexity index is 316. The number of rotatable bonds is 8. The van der Waals surface area contributed by atoms with Gasteiger partial charge in [-0.05, 0) is 6.66 Å². The summed E-state index contributed by atoms with van der Waals surface area (Å²) >= 11 is 9.53. The van der Waals surface area contributed by atoms with Crippen LogP contribution in [0.5, 0.6) is 0 Å². The normalized spacial score (nSPS) is 34.3. The van der Waals surface area contributed by atoms with Crippen LogP contribution in [0.2, 0.25) is 0 Å². The van der Waals surface area contributed by atoms with Gasteiger partial charge in [0.15, 0.2) is 0 Å². The van der Waals surface area contributed by atoms with Crippen LogP contribution in [0.3, 0.4) is 0 Å². The molecule has 110 valence electrons. The van der Waals surface area contributed by atoms with Crippen LogP contribution in [0.4, 0.5) is 0 Å². The topological polar surface area (TPSA) is 46.2 Å². The maximum atomic E-state index is 5.92. The molecule has 0 aliphatic carbocycles. The van der Waals surface area contributed by atoms with Crippen molar-refractivity contribution in [3.05, 3.63) is 0 Å². The lowest BCUT2D eigenvalue weighted by Gasteiger charge is -2.26. The highest BCUT2D eigenvalue weighted by atomic mass is 32.9. The van der Waals surface area contributed by atoms with Gasteiger partial charge in [-0.1, -0.05) is 11.8 Å². The molecule has 0 amide bonds. The second-order valence-electron chi connectivity index (χ2n) is 4.30. The van der Waals surface area contributed by atoms with E-state index in [4.69, 9.17) is 43.1 Å². The van der Waals surface area contributed by atoms with Crippen molar-refractivity contribution < 1.29 is 23.5 Å². The molecular formula is C10H20BO5PS2. The third kappa shape index (κ3) is 6.02. The van der Waals surface area contributed by atoms with E-state index in [-0.39, 0.29) is 12.2 Å². The van der Waals surface area contributed by atoms with Gasteiger partial charge in [-0.25, -0.2) is 0 Å². The Labute approximate surface area is 126 Å². The highest BCUT2D eigenvalue weighted by Gasteiger charge is 2.44. The lowest BCUT2D eigenvalue weighted by molar-refractivity contribution is -0.0293. The second-order valence-corrected chi connectivity index (χ2v) is 11.3. The van der Waals surface area contributed by atoms with Crippen molar-refractivity contribution in [3.63, 3.8) is 0 Å². The molecule has 1 aliphatic heterocycles. The minimum atomic E-state index is -2.15. The summed E-state index contributed by atoms with van der Waals surface area (Å²) in [5.74, 6) is 0. The highest BCUT2D eigenvalue weighted by Crippen LogP contribution is 2.51. The Hall–Kier alpha value is 0.865. The molecule has 0 aromatic heterocycles. The van der Waals surface area contributed by atoms with Crippen molar-refractivity contribution in [3.8, 4) is 0 Å². The molecule has 1 heterocycles. The van der Waals surface area contributed by atoms with E-state index in [1.165, 1.54) is 0 Å². The van der Waals surface area contributed by atoms with Crippen LogP contribution in [-0.4, -0.2) is 72.9 Å². The van der Waals surface area contributed by atoms with Crippen LogP contribution < -0.4 is 0 Å². The van der Waals surface area contributed by atoms with Crippen LogP contribution in [0, 0.1) is 0 Å². The average molecular weight is 326 g/mol. The van der Waals surface area contributed by atoms with Gasteiger partial charge in [-0.15, -0.1) is 12.2 Å². The fourth-order valence-corrected chi connectivity index (χ4v) is 3.20. The first-order valence-electron chi connectivity index (χ1n) is 5.88. The monoisotopic (exact) mass is 326 g/mol. The first-order chi connectivity index (χ1) is 8.89.